The Morgan fingerprint density at radius 1 is 1.20 bits per heavy atom. The second kappa shape index (κ2) is 8.39. The van der Waals surface area contributed by atoms with Crippen molar-refractivity contribution in [3.8, 4) is 11.5 Å². The van der Waals surface area contributed by atoms with Crippen LogP contribution >= 0.6 is 15.9 Å². The lowest BCUT2D eigenvalue weighted by atomic mass is 10.0. The third-order valence-electron chi connectivity index (χ3n) is 2.72. The maximum absolute atomic E-state index is 11.9. The van der Waals surface area contributed by atoms with E-state index >= 15 is 0 Å². The number of nitrogens with two attached hydrogens (primary N) is 1. The lowest BCUT2D eigenvalue weighted by Crippen LogP contribution is -2.15. The third-order valence-corrected chi connectivity index (χ3v) is 3.41. The van der Waals surface area contributed by atoms with Crippen LogP contribution in [0.5, 0.6) is 11.5 Å². The molecule has 1 atom stereocenters. The Kier molecular flexibility index (Phi) is 7.18. The highest BCUT2D eigenvalue weighted by Gasteiger charge is 2.15. The van der Waals surface area contributed by atoms with Crippen LogP contribution in [0.15, 0.2) is 16.6 Å². The summed E-state index contributed by atoms with van der Waals surface area (Å²) in [6, 6.07) is 3.18. The largest absolute Gasteiger partial charge is 0.493 e. The molecule has 0 aliphatic heterocycles. The molecule has 0 radical (unpaired) electrons. The number of halogens is 3. The first-order valence-electron chi connectivity index (χ1n) is 6.02. The number of hydrogen-bond donors (Lipinski definition) is 1. The van der Waals surface area contributed by atoms with E-state index in [1.807, 2.05) is 0 Å². The Morgan fingerprint density at radius 3 is 2.35 bits per heavy atom. The number of rotatable bonds is 8. The van der Waals surface area contributed by atoms with E-state index in [9.17, 15) is 8.78 Å². The van der Waals surface area contributed by atoms with E-state index in [1.54, 1.807) is 19.2 Å². The van der Waals surface area contributed by atoms with Gasteiger partial charge in [0, 0.05) is 17.1 Å². The van der Waals surface area contributed by atoms with Crippen LogP contribution in [0.2, 0.25) is 0 Å². The average Bonchev–Trinajstić information content (AvgIpc) is 2.42. The molecule has 4 nitrogen and oxygen atoms in total. The first kappa shape index (κ1) is 17.1. The number of alkyl halides is 2. The molecule has 0 amide bonds. The predicted molar refractivity (Wildman–Crippen MR) is 75.6 cm³/mol. The van der Waals surface area contributed by atoms with Gasteiger partial charge in [-0.25, -0.2) is 8.78 Å². The van der Waals surface area contributed by atoms with Gasteiger partial charge < -0.3 is 19.9 Å². The van der Waals surface area contributed by atoms with E-state index in [2.05, 4.69) is 15.9 Å². The van der Waals surface area contributed by atoms with Gasteiger partial charge in [0.2, 0.25) is 0 Å². The fourth-order valence-corrected chi connectivity index (χ4v) is 2.31. The van der Waals surface area contributed by atoms with Crippen LogP contribution in [-0.4, -0.2) is 33.9 Å². The summed E-state index contributed by atoms with van der Waals surface area (Å²) in [4.78, 5) is 0. The van der Waals surface area contributed by atoms with Gasteiger partial charge in [0.25, 0.3) is 6.43 Å². The van der Waals surface area contributed by atoms with Gasteiger partial charge in [-0.1, -0.05) is 15.9 Å². The summed E-state index contributed by atoms with van der Waals surface area (Å²) in [7, 11) is 3.08. The standard InChI is InChI=1S/C13H18BrF2NO3/c1-18-11-5-8(9(14)6-12(11)19-2)10(17)3-4-20-7-13(15)16/h5-6,10,13H,3-4,7,17H2,1-2H3. The normalized spacial score (nSPS) is 12.6. The van der Waals surface area contributed by atoms with Crippen molar-refractivity contribution in [3.05, 3.63) is 22.2 Å². The van der Waals surface area contributed by atoms with Gasteiger partial charge in [-0.15, -0.1) is 0 Å². The number of benzene rings is 1. The molecule has 0 aliphatic rings. The Balaban J connectivity index is 2.69. The minimum absolute atomic E-state index is 0.173. The molecule has 0 saturated carbocycles. The topological polar surface area (TPSA) is 53.7 Å². The number of hydrogen-bond acceptors (Lipinski definition) is 4. The average molecular weight is 354 g/mol. The molecule has 0 bridgehead atoms. The fraction of sp³-hybridized carbons (Fsp3) is 0.538. The molecule has 2 N–H and O–H groups in total. The van der Waals surface area contributed by atoms with E-state index in [1.165, 1.54) is 7.11 Å². The summed E-state index contributed by atoms with van der Waals surface area (Å²) in [6.07, 6.45) is -2.03. The van der Waals surface area contributed by atoms with Crippen LogP contribution in [0.4, 0.5) is 8.78 Å². The van der Waals surface area contributed by atoms with Gasteiger partial charge in [0.05, 0.1) is 14.2 Å². The van der Waals surface area contributed by atoms with Crippen LogP contribution in [0.1, 0.15) is 18.0 Å². The van der Waals surface area contributed by atoms with Gasteiger partial charge in [0.15, 0.2) is 11.5 Å². The molecule has 114 valence electrons. The fourth-order valence-electron chi connectivity index (χ4n) is 1.69. The minimum atomic E-state index is -2.46. The van der Waals surface area contributed by atoms with Crippen molar-refractivity contribution in [2.75, 3.05) is 27.4 Å². The second-order valence-electron chi connectivity index (χ2n) is 4.09. The highest BCUT2D eigenvalue weighted by Crippen LogP contribution is 2.36. The zero-order valence-electron chi connectivity index (χ0n) is 11.4. The summed E-state index contributed by atoms with van der Waals surface area (Å²) < 4.78 is 39.9. The second-order valence-corrected chi connectivity index (χ2v) is 4.94. The molecule has 0 spiro atoms. The van der Waals surface area contributed by atoms with Crippen LogP contribution in [0.3, 0.4) is 0 Å². The van der Waals surface area contributed by atoms with Crippen molar-refractivity contribution in [1.82, 2.24) is 0 Å². The molecule has 1 aromatic rings. The monoisotopic (exact) mass is 353 g/mol. The molecule has 7 heteroatoms. The van der Waals surface area contributed by atoms with Crippen molar-refractivity contribution in [2.24, 2.45) is 5.73 Å². The molecular weight excluding hydrogens is 336 g/mol. The van der Waals surface area contributed by atoms with Crippen molar-refractivity contribution in [2.45, 2.75) is 18.9 Å². The van der Waals surface area contributed by atoms with Crippen LogP contribution in [0, 0.1) is 0 Å². The lowest BCUT2D eigenvalue weighted by molar-refractivity contribution is 0.0152. The van der Waals surface area contributed by atoms with E-state index in [4.69, 9.17) is 19.9 Å². The van der Waals surface area contributed by atoms with Gasteiger partial charge in [-0.2, -0.15) is 0 Å². The smallest absolute Gasteiger partial charge is 0.261 e. The maximum atomic E-state index is 11.9. The number of methoxy groups -OCH3 is 2. The molecule has 1 aromatic carbocycles. The van der Waals surface area contributed by atoms with E-state index < -0.39 is 13.0 Å². The zero-order valence-corrected chi connectivity index (χ0v) is 13.0. The van der Waals surface area contributed by atoms with Gasteiger partial charge in [0.1, 0.15) is 6.61 Å². The van der Waals surface area contributed by atoms with Gasteiger partial charge in [-0.3, -0.25) is 0 Å². The molecule has 0 aliphatic carbocycles. The Bertz CT molecular complexity index is 432. The highest BCUT2D eigenvalue weighted by atomic mass is 79.9. The first-order chi connectivity index (χ1) is 9.49. The molecule has 0 saturated heterocycles. The van der Waals surface area contributed by atoms with Crippen LogP contribution in [0.25, 0.3) is 0 Å². The first-order valence-corrected chi connectivity index (χ1v) is 6.81. The van der Waals surface area contributed by atoms with E-state index in [0.29, 0.717) is 17.9 Å². The summed E-state index contributed by atoms with van der Waals surface area (Å²) in [5.74, 6) is 1.15. The Morgan fingerprint density at radius 2 is 1.80 bits per heavy atom. The molecule has 1 unspecified atom stereocenters. The van der Waals surface area contributed by atoms with Crippen molar-refractivity contribution >= 4 is 15.9 Å². The molecule has 20 heavy (non-hydrogen) atoms. The maximum Gasteiger partial charge on any atom is 0.261 e. The Labute approximate surface area is 125 Å². The highest BCUT2D eigenvalue weighted by molar-refractivity contribution is 9.10. The molecule has 0 aromatic heterocycles. The summed E-state index contributed by atoms with van der Waals surface area (Å²) in [5.41, 5.74) is 6.84. The molecule has 0 fully saturated rings. The minimum Gasteiger partial charge on any atom is -0.493 e. The van der Waals surface area contributed by atoms with Crippen LogP contribution < -0.4 is 15.2 Å². The lowest BCUT2D eigenvalue weighted by Gasteiger charge is -2.17. The van der Waals surface area contributed by atoms with Crippen molar-refractivity contribution in [1.29, 1.82) is 0 Å². The summed E-state index contributed by atoms with van der Waals surface area (Å²) >= 11 is 3.41. The quantitative estimate of drug-likeness (QED) is 0.729. The molecule has 0 heterocycles. The summed E-state index contributed by atoms with van der Waals surface area (Å²) in [5, 5.41) is 0. The van der Waals surface area contributed by atoms with E-state index in [0.717, 1.165) is 10.0 Å². The zero-order chi connectivity index (χ0) is 15.1. The molecular formula is C13H18BrF2NO3. The molecule has 1 rings (SSSR count). The van der Waals surface area contributed by atoms with Crippen molar-refractivity contribution < 1.29 is 23.0 Å². The Hall–Kier alpha value is -0.920. The predicted octanol–water partition coefficient (Wildman–Crippen LogP) is 3.14. The van der Waals surface area contributed by atoms with Crippen molar-refractivity contribution in [3.63, 3.8) is 0 Å². The summed E-state index contributed by atoms with van der Waals surface area (Å²) in [6.45, 7) is -0.397. The van der Waals surface area contributed by atoms with E-state index in [-0.39, 0.29) is 12.6 Å². The van der Waals surface area contributed by atoms with Crippen LogP contribution in [-0.2, 0) is 4.74 Å². The number of ether oxygens (including phenoxy) is 3. The third kappa shape index (κ3) is 4.88. The SMILES string of the molecule is COc1cc(Br)c(C(N)CCOCC(F)F)cc1OC. The van der Waals surface area contributed by atoms with Gasteiger partial charge in [-0.05, 0) is 24.1 Å². The van der Waals surface area contributed by atoms with Gasteiger partial charge >= 0.3 is 0 Å².